The van der Waals surface area contributed by atoms with Gasteiger partial charge >= 0.3 is 0 Å². The van der Waals surface area contributed by atoms with E-state index in [1.165, 1.54) is 6.42 Å². The number of aliphatic hydroxyl groups is 1. The number of unbranched alkanes of at least 4 members (excludes halogenated alkanes) is 2. The number of ether oxygens (including phenoxy) is 3. The van der Waals surface area contributed by atoms with E-state index in [9.17, 15) is 14.7 Å². The van der Waals surface area contributed by atoms with Crippen molar-refractivity contribution in [2.24, 2.45) is 0 Å². The molecule has 2 N–H and O–H groups in total. The third-order valence-corrected chi connectivity index (χ3v) is 8.14. The molecule has 0 saturated carbocycles. The first-order valence-corrected chi connectivity index (χ1v) is 14.7. The largest absolute Gasteiger partial charge is 0.497 e. The summed E-state index contributed by atoms with van der Waals surface area (Å²) < 4.78 is 16.5. The molecule has 2 aromatic carbocycles. The molecule has 2 aliphatic rings. The number of nitrogens with zero attached hydrogens (tertiary/aromatic N) is 1. The van der Waals surface area contributed by atoms with Crippen LogP contribution in [-0.2, 0) is 4.79 Å². The summed E-state index contributed by atoms with van der Waals surface area (Å²) in [4.78, 5) is 27.9. The Morgan fingerprint density at radius 3 is 2.35 bits per heavy atom. The van der Waals surface area contributed by atoms with Crippen LogP contribution in [0.25, 0.3) is 0 Å². The number of rotatable bonds is 13. The van der Waals surface area contributed by atoms with Crippen LogP contribution in [0.2, 0.25) is 0 Å². The lowest BCUT2D eigenvalue weighted by Gasteiger charge is -2.42. The molecule has 2 aliphatic heterocycles. The summed E-state index contributed by atoms with van der Waals surface area (Å²) in [5.41, 5.74) is 1.37. The van der Waals surface area contributed by atoms with Crippen molar-refractivity contribution in [1.82, 2.24) is 10.2 Å². The van der Waals surface area contributed by atoms with Gasteiger partial charge in [0, 0.05) is 37.0 Å². The highest BCUT2D eigenvalue weighted by molar-refractivity contribution is 5.96. The number of Topliss-reactive ketones (excluding diaryl/α,β-unsaturated/α-hetero) is 1. The molecule has 4 rings (SSSR count). The van der Waals surface area contributed by atoms with Crippen LogP contribution >= 0.6 is 0 Å². The number of carbonyl (C=O) groups excluding carboxylic acids is 2. The molecular weight excluding hydrogens is 508 g/mol. The Morgan fingerprint density at radius 2 is 1.65 bits per heavy atom. The second-order valence-electron chi connectivity index (χ2n) is 11.1. The maximum absolute atomic E-state index is 13.0. The van der Waals surface area contributed by atoms with Crippen LogP contribution in [0, 0.1) is 0 Å². The molecule has 0 aliphatic carbocycles. The number of nitrogens with one attached hydrogen (secondary N) is 1. The zero-order valence-electron chi connectivity index (χ0n) is 24.1. The van der Waals surface area contributed by atoms with Gasteiger partial charge in [0.15, 0.2) is 17.3 Å². The lowest BCUT2D eigenvalue weighted by Crippen LogP contribution is -2.53. The van der Waals surface area contributed by atoms with Crippen molar-refractivity contribution in [3.05, 3.63) is 53.6 Å². The molecule has 0 spiro atoms. The fraction of sp³-hybridized carbons (Fsp3) is 0.562. The number of aliphatic hydroxyl groups excluding tert-OH is 1. The zero-order valence-corrected chi connectivity index (χ0v) is 24.1. The normalized spacial score (nSPS) is 20.4. The van der Waals surface area contributed by atoms with E-state index in [1.54, 1.807) is 31.4 Å². The van der Waals surface area contributed by atoms with Crippen molar-refractivity contribution in [2.75, 3.05) is 26.9 Å². The van der Waals surface area contributed by atoms with Crippen molar-refractivity contribution in [1.29, 1.82) is 0 Å². The number of amides is 1. The summed E-state index contributed by atoms with van der Waals surface area (Å²) in [5.74, 6) is 2.03. The monoisotopic (exact) mass is 552 g/mol. The van der Waals surface area contributed by atoms with Crippen molar-refractivity contribution < 1.29 is 28.9 Å². The molecule has 8 nitrogen and oxygen atoms in total. The van der Waals surface area contributed by atoms with Crippen LogP contribution in [-0.4, -0.2) is 66.7 Å². The van der Waals surface area contributed by atoms with E-state index in [2.05, 4.69) is 24.1 Å². The van der Waals surface area contributed by atoms with E-state index in [0.29, 0.717) is 73.7 Å². The van der Waals surface area contributed by atoms with Gasteiger partial charge in [0.25, 0.3) is 0 Å². The minimum Gasteiger partial charge on any atom is -0.497 e. The maximum atomic E-state index is 13.0. The van der Waals surface area contributed by atoms with Crippen molar-refractivity contribution in [3.63, 3.8) is 0 Å². The summed E-state index contributed by atoms with van der Waals surface area (Å²) >= 11 is 0. The number of hydrogen-bond donors (Lipinski definition) is 2. The number of piperidine rings is 1. The summed E-state index contributed by atoms with van der Waals surface area (Å²) in [5, 5.41) is 14.6. The predicted octanol–water partition coefficient (Wildman–Crippen LogP) is 5.08. The van der Waals surface area contributed by atoms with Crippen molar-refractivity contribution in [2.45, 2.75) is 89.4 Å². The summed E-state index contributed by atoms with van der Waals surface area (Å²) in [6.45, 7) is 5.99. The highest BCUT2D eigenvalue weighted by Crippen LogP contribution is 2.34. The molecule has 2 aromatic rings. The van der Waals surface area contributed by atoms with Crippen LogP contribution < -0.4 is 19.5 Å². The van der Waals surface area contributed by atoms with Crippen LogP contribution in [0.5, 0.6) is 17.2 Å². The second kappa shape index (κ2) is 14.5. The Bertz CT molecular complexity index is 1110. The van der Waals surface area contributed by atoms with Crippen molar-refractivity contribution in [3.8, 4) is 17.2 Å². The summed E-state index contributed by atoms with van der Waals surface area (Å²) in [6, 6.07) is 13.0. The van der Waals surface area contributed by atoms with E-state index >= 15 is 0 Å². The van der Waals surface area contributed by atoms with Gasteiger partial charge in [-0.25, -0.2) is 0 Å². The smallest absolute Gasteiger partial charge is 0.220 e. The average molecular weight is 553 g/mol. The molecule has 2 heterocycles. The fourth-order valence-corrected chi connectivity index (χ4v) is 5.71. The van der Waals surface area contributed by atoms with Crippen LogP contribution in [0.15, 0.2) is 42.5 Å². The Kier molecular flexibility index (Phi) is 10.8. The minimum atomic E-state index is -0.886. The maximum Gasteiger partial charge on any atom is 0.220 e. The fourth-order valence-electron chi connectivity index (χ4n) is 5.71. The summed E-state index contributed by atoms with van der Waals surface area (Å²) in [6.07, 6.45) is 5.53. The number of likely N-dealkylation sites (tertiary alicyclic amines) is 1. The van der Waals surface area contributed by atoms with Gasteiger partial charge in [0.05, 0.1) is 13.2 Å². The molecular formula is C32H44N2O6. The first-order valence-electron chi connectivity index (χ1n) is 14.7. The third-order valence-electron chi connectivity index (χ3n) is 8.14. The lowest BCUT2D eigenvalue weighted by molar-refractivity contribution is -0.123. The second-order valence-corrected chi connectivity index (χ2v) is 11.1. The Hall–Kier alpha value is -3.10. The van der Waals surface area contributed by atoms with Gasteiger partial charge in [-0.05, 0) is 81.5 Å². The highest BCUT2D eigenvalue weighted by Gasteiger charge is 2.32. The number of hydrogen-bond acceptors (Lipinski definition) is 7. The van der Waals surface area contributed by atoms with Crippen LogP contribution in [0.4, 0.5) is 0 Å². The van der Waals surface area contributed by atoms with Gasteiger partial charge < -0.3 is 24.6 Å². The molecule has 4 atom stereocenters. The standard InChI is InChI=1S/C32H44N2O6/c1-22-8-7-9-23(2)34(22)21-27(32(37)25-14-17-29-30(20-25)40-19-18-39-29)33-31(36)11-6-4-5-10-28(35)24-12-15-26(38-3)16-13-24/h12-17,20,22-23,27,32,37H,4-11,18-19,21H2,1-3H3,(H,33,36)/t22?,23?,27-,32-/m1/s1. The molecule has 1 saturated heterocycles. The van der Waals surface area contributed by atoms with E-state index < -0.39 is 12.1 Å². The molecule has 8 heteroatoms. The first-order chi connectivity index (χ1) is 19.4. The molecule has 0 radical (unpaired) electrons. The van der Waals surface area contributed by atoms with E-state index in [-0.39, 0.29) is 11.7 Å². The Balaban J connectivity index is 1.32. The van der Waals surface area contributed by atoms with Gasteiger partial charge in [-0.2, -0.15) is 0 Å². The first kappa shape index (κ1) is 29.9. The molecule has 0 aromatic heterocycles. The Labute approximate surface area is 238 Å². The third kappa shape index (κ3) is 7.98. The minimum absolute atomic E-state index is 0.0830. The number of fused-ring (bicyclic) bond motifs is 1. The van der Waals surface area contributed by atoms with E-state index in [0.717, 1.165) is 31.4 Å². The van der Waals surface area contributed by atoms with Gasteiger partial charge in [0.2, 0.25) is 5.91 Å². The van der Waals surface area contributed by atoms with E-state index in [1.807, 2.05) is 18.2 Å². The molecule has 218 valence electrons. The van der Waals surface area contributed by atoms with Crippen molar-refractivity contribution >= 4 is 11.7 Å². The highest BCUT2D eigenvalue weighted by atomic mass is 16.6. The van der Waals surface area contributed by atoms with Gasteiger partial charge in [-0.3, -0.25) is 14.5 Å². The summed E-state index contributed by atoms with van der Waals surface area (Å²) in [7, 11) is 1.60. The number of methoxy groups -OCH3 is 1. The molecule has 40 heavy (non-hydrogen) atoms. The van der Waals surface area contributed by atoms with Gasteiger partial charge in [-0.1, -0.05) is 18.9 Å². The Morgan fingerprint density at radius 1 is 0.975 bits per heavy atom. The molecule has 1 fully saturated rings. The molecule has 1 amide bonds. The molecule has 0 bridgehead atoms. The average Bonchev–Trinajstić information content (AvgIpc) is 2.97. The quantitative estimate of drug-likeness (QED) is 0.264. The number of ketones is 1. The van der Waals surface area contributed by atoms with Crippen LogP contribution in [0.3, 0.4) is 0 Å². The van der Waals surface area contributed by atoms with Gasteiger partial charge in [0.1, 0.15) is 25.1 Å². The zero-order chi connectivity index (χ0) is 28.5. The lowest BCUT2D eigenvalue weighted by atomic mass is 9.94. The SMILES string of the molecule is COc1ccc(C(=O)CCCCCC(=O)N[C@H](CN2C(C)CCCC2C)[C@H](O)c2ccc3c(c2)OCCO3)cc1. The van der Waals surface area contributed by atoms with Crippen LogP contribution in [0.1, 0.15) is 87.2 Å². The number of benzene rings is 2. The predicted molar refractivity (Wildman–Crippen MR) is 154 cm³/mol. The van der Waals surface area contributed by atoms with Gasteiger partial charge in [-0.15, -0.1) is 0 Å². The number of carbonyl (C=O) groups is 2. The topological polar surface area (TPSA) is 97.3 Å². The molecule has 2 unspecified atom stereocenters. The van der Waals surface area contributed by atoms with E-state index in [4.69, 9.17) is 14.2 Å².